The molecule has 0 heterocycles. The van der Waals surface area contributed by atoms with Gasteiger partial charge in [-0.25, -0.2) is 17.9 Å². The predicted octanol–water partition coefficient (Wildman–Crippen LogP) is 2.46. The summed E-state index contributed by atoms with van der Waals surface area (Å²) >= 11 is 0. The van der Waals surface area contributed by atoms with E-state index in [0.29, 0.717) is 5.75 Å². The molecule has 0 fully saturated rings. The molecule has 0 amide bonds. The van der Waals surface area contributed by atoms with Gasteiger partial charge in [0.25, 0.3) is 0 Å². The van der Waals surface area contributed by atoms with Crippen LogP contribution < -0.4 is 14.2 Å². The minimum Gasteiger partial charge on any atom is -0.495 e. The van der Waals surface area contributed by atoms with Crippen molar-refractivity contribution in [2.75, 3.05) is 27.4 Å². The number of carbonyl (C=O) groups excluding carboxylic acids is 1. The molecule has 0 unspecified atom stereocenters. The molecule has 2 aromatic rings. The lowest BCUT2D eigenvalue weighted by atomic mass is 10.1. The molecule has 2 rings (SSSR count). The molecule has 0 radical (unpaired) electrons. The van der Waals surface area contributed by atoms with E-state index in [2.05, 4.69) is 4.72 Å². The molecule has 0 saturated heterocycles. The summed E-state index contributed by atoms with van der Waals surface area (Å²) < 4.78 is 42.1. The minimum atomic E-state index is -3.77. The lowest BCUT2D eigenvalue weighted by Crippen LogP contribution is -2.20. The molecule has 0 bridgehead atoms. The van der Waals surface area contributed by atoms with Gasteiger partial charge in [0.15, 0.2) is 0 Å². The summed E-state index contributed by atoms with van der Waals surface area (Å²) in [5.74, 6) is 0.198. The van der Waals surface area contributed by atoms with Crippen LogP contribution in [0.25, 0.3) is 0 Å². The molecule has 0 aromatic heterocycles. The van der Waals surface area contributed by atoms with Crippen LogP contribution in [0.5, 0.6) is 11.5 Å². The fourth-order valence-electron chi connectivity index (χ4n) is 2.52. The number of hydrogen-bond donors (Lipinski definition) is 1. The number of aryl methyl sites for hydroxylation is 2. The molecular weight excluding hydrogens is 370 g/mol. The Morgan fingerprint density at radius 3 is 2.30 bits per heavy atom. The normalized spacial score (nSPS) is 11.1. The van der Waals surface area contributed by atoms with Crippen molar-refractivity contribution in [3.63, 3.8) is 0 Å². The highest BCUT2D eigenvalue weighted by molar-refractivity contribution is 7.89. The van der Waals surface area contributed by atoms with Gasteiger partial charge in [-0.05, 0) is 62.4 Å². The summed E-state index contributed by atoms with van der Waals surface area (Å²) in [6.45, 7) is 4.17. The Bertz CT molecular complexity index is 904. The van der Waals surface area contributed by atoms with E-state index in [-0.39, 0.29) is 29.4 Å². The molecule has 1 N–H and O–H groups in total. The maximum Gasteiger partial charge on any atom is 0.338 e. The topological polar surface area (TPSA) is 90.9 Å². The standard InChI is InChI=1S/C19H23NO6S/c1-13-9-14(2)11-16(10-13)25-7-8-26-19(21)15-5-6-17(24-4)18(12-15)27(22,23)20-3/h5-6,9-12,20H,7-8H2,1-4H3. The van der Waals surface area contributed by atoms with Crippen molar-refractivity contribution in [1.29, 1.82) is 0 Å². The Labute approximate surface area is 159 Å². The Morgan fingerprint density at radius 2 is 1.70 bits per heavy atom. The number of hydrogen-bond acceptors (Lipinski definition) is 6. The zero-order valence-corrected chi connectivity index (χ0v) is 16.6. The monoisotopic (exact) mass is 393 g/mol. The number of sulfonamides is 1. The molecule has 0 atom stereocenters. The smallest absolute Gasteiger partial charge is 0.338 e. The van der Waals surface area contributed by atoms with Gasteiger partial charge in [0.2, 0.25) is 10.0 Å². The average molecular weight is 393 g/mol. The Hall–Kier alpha value is -2.58. The molecule has 146 valence electrons. The van der Waals surface area contributed by atoms with Gasteiger partial charge in [-0.2, -0.15) is 0 Å². The molecule has 0 aliphatic rings. The minimum absolute atomic E-state index is 0.0337. The lowest BCUT2D eigenvalue weighted by Gasteiger charge is -2.11. The summed E-state index contributed by atoms with van der Waals surface area (Å²) in [6, 6.07) is 9.90. The van der Waals surface area contributed by atoms with Crippen LogP contribution in [-0.4, -0.2) is 41.8 Å². The summed E-state index contributed by atoms with van der Waals surface area (Å²) in [4.78, 5) is 12.1. The highest BCUT2D eigenvalue weighted by atomic mass is 32.2. The third-order valence-corrected chi connectivity index (χ3v) is 5.17. The Kier molecular flexibility index (Phi) is 6.81. The van der Waals surface area contributed by atoms with Crippen LogP contribution in [0.2, 0.25) is 0 Å². The second-order valence-electron chi connectivity index (χ2n) is 5.88. The molecule has 0 spiro atoms. The highest BCUT2D eigenvalue weighted by Crippen LogP contribution is 2.25. The van der Waals surface area contributed by atoms with Crippen LogP contribution in [0.1, 0.15) is 21.5 Å². The van der Waals surface area contributed by atoms with Gasteiger partial charge in [0.05, 0.1) is 12.7 Å². The van der Waals surface area contributed by atoms with Crippen molar-refractivity contribution >= 4 is 16.0 Å². The van der Waals surface area contributed by atoms with Crippen molar-refractivity contribution in [3.8, 4) is 11.5 Å². The molecule has 0 aliphatic carbocycles. The van der Waals surface area contributed by atoms with E-state index in [1.165, 1.54) is 32.4 Å². The molecule has 2 aromatic carbocycles. The maximum atomic E-state index is 12.2. The third-order valence-electron chi connectivity index (χ3n) is 3.74. The van der Waals surface area contributed by atoms with Crippen molar-refractivity contribution in [1.82, 2.24) is 4.72 Å². The van der Waals surface area contributed by atoms with Gasteiger partial charge in [-0.15, -0.1) is 0 Å². The first-order valence-electron chi connectivity index (χ1n) is 8.26. The van der Waals surface area contributed by atoms with Crippen LogP contribution >= 0.6 is 0 Å². The van der Waals surface area contributed by atoms with Gasteiger partial charge in [-0.3, -0.25) is 0 Å². The Morgan fingerprint density at radius 1 is 1.04 bits per heavy atom. The second-order valence-corrected chi connectivity index (χ2v) is 7.74. The highest BCUT2D eigenvalue weighted by Gasteiger charge is 2.20. The number of benzene rings is 2. The fourth-order valence-corrected chi connectivity index (χ4v) is 3.44. The molecule has 0 saturated carbocycles. The number of ether oxygens (including phenoxy) is 3. The van der Waals surface area contributed by atoms with Crippen LogP contribution in [0.15, 0.2) is 41.3 Å². The first-order valence-corrected chi connectivity index (χ1v) is 9.75. The summed E-state index contributed by atoms with van der Waals surface area (Å²) in [7, 11) is -1.14. The van der Waals surface area contributed by atoms with E-state index in [4.69, 9.17) is 14.2 Å². The SMILES string of the molecule is CNS(=O)(=O)c1cc(C(=O)OCCOc2cc(C)cc(C)c2)ccc1OC. The van der Waals surface area contributed by atoms with Crippen LogP contribution in [0.3, 0.4) is 0 Å². The van der Waals surface area contributed by atoms with Crippen molar-refractivity contribution in [3.05, 3.63) is 53.1 Å². The van der Waals surface area contributed by atoms with E-state index in [1.54, 1.807) is 0 Å². The molecule has 27 heavy (non-hydrogen) atoms. The van der Waals surface area contributed by atoms with Crippen LogP contribution in [-0.2, 0) is 14.8 Å². The van der Waals surface area contributed by atoms with Crippen molar-refractivity contribution in [2.24, 2.45) is 0 Å². The number of nitrogens with one attached hydrogen (secondary N) is 1. The lowest BCUT2D eigenvalue weighted by molar-refractivity contribution is 0.0450. The number of esters is 1. The molecule has 0 aliphatic heterocycles. The first kappa shape index (κ1) is 20.7. The zero-order valence-electron chi connectivity index (χ0n) is 15.7. The number of carbonyl (C=O) groups is 1. The van der Waals surface area contributed by atoms with Crippen molar-refractivity contribution in [2.45, 2.75) is 18.7 Å². The van der Waals surface area contributed by atoms with E-state index >= 15 is 0 Å². The van der Waals surface area contributed by atoms with E-state index in [0.717, 1.165) is 11.1 Å². The quantitative estimate of drug-likeness (QED) is 0.547. The Balaban J connectivity index is 2.00. The summed E-state index contributed by atoms with van der Waals surface area (Å²) in [5.41, 5.74) is 2.27. The number of rotatable bonds is 8. The van der Waals surface area contributed by atoms with E-state index in [1.807, 2.05) is 32.0 Å². The van der Waals surface area contributed by atoms with Crippen molar-refractivity contribution < 1.29 is 27.4 Å². The predicted molar refractivity (Wildman–Crippen MR) is 101 cm³/mol. The molecule has 7 nitrogen and oxygen atoms in total. The number of methoxy groups -OCH3 is 1. The zero-order chi connectivity index (χ0) is 20.0. The van der Waals surface area contributed by atoms with Crippen LogP contribution in [0, 0.1) is 13.8 Å². The van der Waals surface area contributed by atoms with Gasteiger partial charge < -0.3 is 14.2 Å². The second kappa shape index (κ2) is 8.88. The third kappa shape index (κ3) is 5.45. The van der Waals surface area contributed by atoms with E-state index in [9.17, 15) is 13.2 Å². The fraction of sp³-hybridized carbons (Fsp3) is 0.316. The summed E-state index contributed by atoms with van der Waals surface area (Å²) in [5, 5.41) is 0. The molecular formula is C19H23NO6S. The van der Waals surface area contributed by atoms with E-state index < -0.39 is 16.0 Å². The van der Waals surface area contributed by atoms with Gasteiger partial charge in [0, 0.05) is 0 Å². The van der Waals surface area contributed by atoms with Crippen LogP contribution in [0.4, 0.5) is 0 Å². The largest absolute Gasteiger partial charge is 0.495 e. The first-order chi connectivity index (χ1) is 12.8. The van der Waals surface area contributed by atoms with Gasteiger partial charge >= 0.3 is 5.97 Å². The average Bonchev–Trinajstić information content (AvgIpc) is 2.63. The maximum absolute atomic E-state index is 12.2. The van der Waals surface area contributed by atoms with Gasteiger partial charge in [0.1, 0.15) is 29.6 Å². The molecule has 8 heteroatoms. The van der Waals surface area contributed by atoms with Gasteiger partial charge in [-0.1, -0.05) is 6.07 Å². The summed E-state index contributed by atoms with van der Waals surface area (Å²) in [6.07, 6.45) is 0.